The number of rotatable bonds is 8. The maximum Gasteiger partial charge on any atom is 0.320 e. The molecule has 5 N–H and O–H groups in total. The van der Waals surface area contributed by atoms with Gasteiger partial charge in [0.2, 0.25) is 0 Å². The number of anilines is 1. The summed E-state index contributed by atoms with van der Waals surface area (Å²) in [6, 6.07) is 16.1. The summed E-state index contributed by atoms with van der Waals surface area (Å²) in [5.74, 6) is 1.86. The van der Waals surface area contributed by atoms with Crippen molar-refractivity contribution in [2.75, 3.05) is 18.9 Å². The predicted molar refractivity (Wildman–Crippen MR) is 183 cm³/mol. The number of phenols is 1. The highest BCUT2D eigenvalue weighted by Gasteiger charge is 2.31. The van der Waals surface area contributed by atoms with Crippen LogP contribution in [0.5, 0.6) is 11.5 Å². The number of aromatic nitrogens is 3. The normalized spacial score (nSPS) is 20.1. The first-order valence-corrected chi connectivity index (χ1v) is 16.3. The number of allylic oxidation sites excluding steroid dienone is 1. The fourth-order valence-electron chi connectivity index (χ4n) is 6.14. The van der Waals surface area contributed by atoms with Crippen LogP contribution in [-0.2, 0) is 0 Å². The summed E-state index contributed by atoms with van der Waals surface area (Å²) >= 11 is 5.98. The zero-order chi connectivity index (χ0) is 33.3. The number of hydrogen-bond acceptors (Lipinski definition) is 8. The lowest BCUT2D eigenvalue weighted by atomic mass is 9.85. The van der Waals surface area contributed by atoms with Gasteiger partial charge in [0.1, 0.15) is 23.4 Å². The lowest BCUT2D eigenvalue weighted by molar-refractivity contribution is 0.171. The second-order valence-electron chi connectivity index (χ2n) is 13.3. The maximum atomic E-state index is 13.4. The molecule has 12 heteroatoms. The van der Waals surface area contributed by atoms with E-state index in [4.69, 9.17) is 21.7 Å². The van der Waals surface area contributed by atoms with E-state index >= 15 is 0 Å². The molecule has 3 atom stereocenters. The molecule has 1 aliphatic carbocycles. The zero-order valence-corrected chi connectivity index (χ0v) is 27.8. The van der Waals surface area contributed by atoms with Gasteiger partial charge in [-0.05, 0) is 74.7 Å². The summed E-state index contributed by atoms with van der Waals surface area (Å²) in [5.41, 5.74) is 3.17. The average molecular weight is 657 g/mol. The quantitative estimate of drug-likeness (QED) is 0.127. The Labute approximate surface area is 279 Å². The second kappa shape index (κ2) is 13.2. The smallest absolute Gasteiger partial charge is 0.320 e. The molecule has 2 aliphatic rings. The van der Waals surface area contributed by atoms with Gasteiger partial charge in [0.05, 0.1) is 23.3 Å². The number of likely N-dealkylation sites (tertiary alicyclic amines) is 1. The van der Waals surface area contributed by atoms with Crippen molar-refractivity contribution in [1.29, 1.82) is 5.41 Å². The molecule has 2 amide bonds. The summed E-state index contributed by atoms with van der Waals surface area (Å²) in [5, 5.41) is 36.8. The Hall–Kier alpha value is -4.61. The molecule has 0 saturated carbocycles. The van der Waals surface area contributed by atoms with Crippen LogP contribution < -0.4 is 20.7 Å². The van der Waals surface area contributed by atoms with Crippen LogP contribution in [0.15, 0.2) is 72.7 Å². The number of amides is 2. The van der Waals surface area contributed by atoms with Gasteiger partial charge in [0, 0.05) is 29.0 Å². The van der Waals surface area contributed by atoms with Crippen LogP contribution in [0.2, 0.25) is 5.02 Å². The van der Waals surface area contributed by atoms with Crippen molar-refractivity contribution in [3.63, 3.8) is 0 Å². The van der Waals surface area contributed by atoms with Crippen LogP contribution >= 0.6 is 11.6 Å². The molecule has 0 bridgehead atoms. The molecule has 4 aromatic rings. The summed E-state index contributed by atoms with van der Waals surface area (Å²) < 4.78 is 8.63. The van der Waals surface area contributed by atoms with Gasteiger partial charge in [0.15, 0.2) is 11.5 Å². The molecule has 1 fully saturated rings. The van der Waals surface area contributed by atoms with Crippen LogP contribution in [0.4, 0.5) is 10.5 Å². The molecule has 3 heterocycles. The van der Waals surface area contributed by atoms with E-state index in [9.17, 15) is 9.90 Å². The minimum Gasteiger partial charge on any atom is -0.506 e. The Bertz CT molecular complexity index is 1830. The van der Waals surface area contributed by atoms with E-state index in [1.165, 1.54) is 6.07 Å². The number of nitrogens with zero attached hydrogens (tertiary/aromatic N) is 4. The standard InChI is InChI=1S/C35H41ClN8O3/c1-35(2,3)30(37)19-31(38-21-11-13-25(36)28(45)18-21)40-34(46)39-26-14-15-29(24-9-6-5-8-23(24)26)47-22-12-16-32-41-42-33(44(32)20-22)27-10-7-17-43(27)4/h5-6,8-9,11-13,16,18-20,26-27,29,37-38,45H,7,10,14-15,17H2,1-4H3,(H2,39,40,46)/b31-19+,37-30?/t26?,27-,29+/m0/s1. The number of carbonyl (C=O) groups excluding carboxylic acids is 1. The third kappa shape index (κ3) is 7.21. The van der Waals surface area contributed by atoms with Crippen molar-refractivity contribution < 1.29 is 14.6 Å². The number of fused-ring (bicyclic) bond motifs is 2. The van der Waals surface area contributed by atoms with E-state index in [-0.39, 0.29) is 29.0 Å². The molecule has 246 valence electrons. The molecule has 0 spiro atoms. The number of benzene rings is 2. The molecule has 0 radical (unpaired) electrons. The zero-order valence-electron chi connectivity index (χ0n) is 27.0. The first-order valence-electron chi connectivity index (χ1n) is 15.9. The molecule has 47 heavy (non-hydrogen) atoms. The second-order valence-corrected chi connectivity index (χ2v) is 13.7. The van der Waals surface area contributed by atoms with Crippen molar-refractivity contribution in [3.8, 4) is 11.5 Å². The largest absolute Gasteiger partial charge is 0.506 e. The number of pyridine rings is 1. The molecule has 2 aromatic heterocycles. The SMILES string of the molecule is CN1CCC[C@H]1c1nnc2ccc(O[C@@H]3CCC(NC(=O)N/C(=C/C(=N)C(C)(C)C)Nc4ccc(Cl)c(O)c4)c4ccccc43)cn12. The summed E-state index contributed by atoms with van der Waals surface area (Å²) in [4.78, 5) is 15.7. The van der Waals surface area contributed by atoms with E-state index in [1.807, 2.05) is 67.8 Å². The van der Waals surface area contributed by atoms with Gasteiger partial charge in [-0.1, -0.05) is 56.6 Å². The van der Waals surface area contributed by atoms with Crippen LogP contribution in [0.3, 0.4) is 0 Å². The number of phenolic OH excluding ortho intramolecular Hbond substituents is 1. The van der Waals surface area contributed by atoms with Gasteiger partial charge in [0.25, 0.3) is 0 Å². The van der Waals surface area contributed by atoms with Gasteiger partial charge < -0.3 is 25.9 Å². The predicted octanol–water partition coefficient (Wildman–Crippen LogP) is 7.13. The maximum absolute atomic E-state index is 13.4. The molecule has 11 nitrogen and oxygen atoms in total. The topological polar surface area (TPSA) is 140 Å². The number of nitrogens with one attached hydrogen (secondary N) is 4. The molecular formula is C35H41ClN8O3. The lowest BCUT2D eigenvalue weighted by Gasteiger charge is -2.32. The highest BCUT2D eigenvalue weighted by molar-refractivity contribution is 6.32. The summed E-state index contributed by atoms with van der Waals surface area (Å²) in [7, 11) is 2.12. The van der Waals surface area contributed by atoms with Crippen molar-refractivity contribution in [2.24, 2.45) is 5.41 Å². The van der Waals surface area contributed by atoms with E-state index in [1.54, 1.807) is 18.2 Å². The average Bonchev–Trinajstić information content (AvgIpc) is 3.64. The van der Waals surface area contributed by atoms with Crippen molar-refractivity contribution >= 4 is 34.7 Å². The van der Waals surface area contributed by atoms with Crippen molar-refractivity contribution in [3.05, 3.63) is 94.7 Å². The lowest BCUT2D eigenvalue weighted by Crippen LogP contribution is -2.41. The molecule has 1 aliphatic heterocycles. The van der Waals surface area contributed by atoms with Crippen LogP contribution in [0, 0.1) is 10.8 Å². The molecule has 2 aromatic carbocycles. The Morgan fingerprint density at radius 3 is 2.60 bits per heavy atom. The third-order valence-corrected chi connectivity index (χ3v) is 9.13. The Morgan fingerprint density at radius 1 is 1.09 bits per heavy atom. The number of ether oxygens (including phenoxy) is 1. The van der Waals surface area contributed by atoms with Gasteiger partial charge >= 0.3 is 6.03 Å². The van der Waals surface area contributed by atoms with Crippen LogP contribution in [0.25, 0.3) is 5.65 Å². The van der Waals surface area contributed by atoms with Gasteiger partial charge in [-0.2, -0.15) is 0 Å². The first kappa shape index (κ1) is 32.3. The number of urea groups is 1. The van der Waals surface area contributed by atoms with Crippen molar-refractivity contribution in [1.82, 2.24) is 30.1 Å². The monoisotopic (exact) mass is 656 g/mol. The van der Waals surface area contributed by atoms with Gasteiger partial charge in [-0.3, -0.25) is 14.6 Å². The highest BCUT2D eigenvalue weighted by atomic mass is 35.5. The summed E-state index contributed by atoms with van der Waals surface area (Å²) in [6.45, 7) is 6.81. The Morgan fingerprint density at radius 2 is 1.87 bits per heavy atom. The highest BCUT2D eigenvalue weighted by Crippen LogP contribution is 2.39. The van der Waals surface area contributed by atoms with Gasteiger partial charge in [-0.15, -0.1) is 10.2 Å². The minimum absolute atomic E-state index is 0.0922. The van der Waals surface area contributed by atoms with E-state index < -0.39 is 11.4 Å². The van der Waals surface area contributed by atoms with Gasteiger partial charge in [-0.25, -0.2) is 4.79 Å². The minimum atomic E-state index is -0.447. The van der Waals surface area contributed by atoms with E-state index in [0.29, 0.717) is 30.1 Å². The number of aromatic hydroxyl groups is 1. The molecular weight excluding hydrogens is 616 g/mol. The molecule has 6 rings (SSSR count). The number of halogens is 1. The Kier molecular flexibility index (Phi) is 9.11. The van der Waals surface area contributed by atoms with E-state index in [2.05, 4.69) is 38.1 Å². The third-order valence-electron chi connectivity index (χ3n) is 8.81. The van der Waals surface area contributed by atoms with Crippen LogP contribution in [-0.4, -0.2) is 49.9 Å². The fourth-order valence-corrected chi connectivity index (χ4v) is 6.25. The fraction of sp³-hybridized carbons (Fsp3) is 0.371. The van der Waals surface area contributed by atoms with E-state index in [0.717, 1.165) is 47.7 Å². The molecule has 1 saturated heterocycles. The first-order chi connectivity index (χ1) is 22.5. The Balaban J connectivity index is 1.18. The van der Waals surface area contributed by atoms with Crippen molar-refractivity contribution in [2.45, 2.75) is 64.6 Å². The number of carbonyl (C=O) groups is 1. The molecule has 1 unspecified atom stereocenters. The van der Waals surface area contributed by atoms with Crippen LogP contribution in [0.1, 0.15) is 81.6 Å². The summed E-state index contributed by atoms with van der Waals surface area (Å²) in [6.07, 6.45) is 6.91. The number of hydrogen-bond donors (Lipinski definition) is 5.